The number of hydrogen-bond donors (Lipinski definition) is 0. The average molecular weight is 370 g/mol. The van der Waals surface area contributed by atoms with Gasteiger partial charge in [0.2, 0.25) is 0 Å². The maximum absolute atomic E-state index is 12.6. The molecule has 1 fully saturated rings. The third-order valence-corrected chi connectivity index (χ3v) is 4.82. The van der Waals surface area contributed by atoms with E-state index in [0.29, 0.717) is 44.4 Å². The standard InChI is InChI=1S/C17H18N6O2S/c1-22(11-12-2-3-13-14(8-12)21-26-20-13)16-10-18-9-15(19-16)17(24)23-4-6-25-7-5-23/h2-3,8-10H,4-7,11H2,1H3. The number of ether oxygens (including phenoxy) is 1. The molecule has 26 heavy (non-hydrogen) atoms. The molecule has 0 spiro atoms. The van der Waals surface area contributed by atoms with Crippen LogP contribution in [0.25, 0.3) is 11.0 Å². The minimum atomic E-state index is -0.106. The maximum atomic E-state index is 12.6. The smallest absolute Gasteiger partial charge is 0.274 e. The number of carbonyl (C=O) groups is 1. The molecule has 4 rings (SSSR count). The molecular formula is C17H18N6O2S. The Morgan fingerprint density at radius 1 is 1.23 bits per heavy atom. The fourth-order valence-corrected chi connectivity index (χ4v) is 3.37. The van der Waals surface area contributed by atoms with Gasteiger partial charge in [-0.1, -0.05) is 6.07 Å². The Bertz CT molecular complexity index is 924. The molecule has 0 radical (unpaired) electrons. The Balaban J connectivity index is 1.50. The number of aromatic nitrogens is 4. The van der Waals surface area contributed by atoms with Crippen molar-refractivity contribution in [2.24, 2.45) is 0 Å². The Morgan fingerprint density at radius 3 is 2.88 bits per heavy atom. The summed E-state index contributed by atoms with van der Waals surface area (Å²) < 4.78 is 13.8. The third-order valence-electron chi connectivity index (χ3n) is 4.27. The summed E-state index contributed by atoms with van der Waals surface area (Å²) in [5.41, 5.74) is 3.25. The number of nitrogens with zero attached hydrogens (tertiary/aromatic N) is 6. The zero-order valence-electron chi connectivity index (χ0n) is 14.3. The first-order valence-corrected chi connectivity index (χ1v) is 9.05. The van der Waals surface area contributed by atoms with Crippen LogP contribution in [0, 0.1) is 0 Å². The van der Waals surface area contributed by atoms with E-state index in [2.05, 4.69) is 18.7 Å². The Kier molecular flexibility index (Phi) is 4.72. The summed E-state index contributed by atoms with van der Waals surface area (Å²) in [6, 6.07) is 6.01. The molecule has 0 unspecified atom stereocenters. The van der Waals surface area contributed by atoms with Gasteiger partial charge in [0.05, 0.1) is 37.3 Å². The number of carbonyl (C=O) groups excluding carboxylic acids is 1. The lowest BCUT2D eigenvalue weighted by Gasteiger charge is -2.26. The first-order chi connectivity index (χ1) is 12.7. The summed E-state index contributed by atoms with van der Waals surface area (Å²) in [6.45, 7) is 2.93. The molecule has 1 amide bonds. The molecule has 1 aliphatic heterocycles. The number of fused-ring (bicyclic) bond motifs is 1. The highest BCUT2D eigenvalue weighted by atomic mass is 32.1. The molecule has 9 heteroatoms. The fourth-order valence-electron chi connectivity index (χ4n) is 2.85. The van der Waals surface area contributed by atoms with Gasteiger partial charge in [-0.15, -0.1) is 0 Å². The molecule has 0 saturated carbocycles. The van der Waals surface area contributed by atoms with Crippen molar-refractivity contribution in [3.8, 4) is 0 Å². The summed E-state index contributed by atoms with van der Waals surface area (Å²) in [6.07, 6.45) is 3.18. The van der Waals surface area contributed by atoms with Gasteiger partial charge in [-0.05, 0) is 17.7 Å². The van der Waals surface area contributed by atoms with Crippen LogP contribution in [0.2, 0.25) is 0 Å². The van der Waals surface area contributed by atoms with E-state index in [4.69, 9.17) is 4.74 Å². The van der Waals surface area contributed by atoms with Gasteiger partial charge in [0.25, 0.3) is 5.91 Å². The lowest BCUT2D eigenvalue weighted by molar-refractivity contribution is 0.0299. The van der Waals surface area contributed by atoms with Crippen molar-refractivity contribution in [3.05, 3.63) is 41.9 Å². The molecule has 3 aromatic rings. The fraction of sp³-hybridized carbons (Fsp3) is 0.353. The predicted molar refractivity (Wildman–Crippen MR) is 98.3 cm³/mol. The normalized spacial score (nSPS) is 14.6. The highest BCUT2D eigenvalue weighted by molar-refractivity contribution is 7.00. The predicted octanol–water partition coefficient (Wildman–Crippen LogP) is 1.59. The zero-order valence-corrected chi connectivity index (χ0v) is 15.1. The minimum Gasteiger partial charge on any atom is -0.378 e. The van der Waals surface area contributed by atoms with Crippen LogP contribution < -0.4 is 4.90 Å². The van der Waals surface area contributed by atoms with E-state index in [0.717, 1.165) is 16.6 Å². The van der Waals surface area contributed by atoms with Crippen LogP contribution in [0.1, 0.15) is 16.1 Å². The molecule has 0 bridgehead atoms. The van der Waals surface area contributed by atoms with E-state index >= 15 is 0 Å². The summed E-state index contributed by atoms with van der Waals surface area (Å²) in [5.74, 6) is 0.548. The van der Waals surface area contributed by atoms with Gasteiger partial charge in [0.1, 0.15) is 22.5 Å². The quantitative estimate of drug-likeness (QED) is 0.689. The van der Waals surface area contributed by atoms with Gasteiger partial charge in [0, 0.05) is 26.7 Å². The van der Waals surface area contributed by atoms with Crippen LogP contribution in [0.5, 0.6) is 0 Å². The molecule has 3 heterocycles. The monoisotopic (exact) mass is 370 g/mol. The second-order valence-corrected chi connectivity index (χ2v) is 6.64. The molecular weight excluding hydrogens is 352 g/mol. The first kappa shape index (κ1) is 16.8. The van der Waals surface area contributed by atoms with Crippen LogP contribution in [-0.2, 0) is 11.3 Å². The maximum Gasteiger partial charge on any atom is 0.274 e. The summed E-state index contributed by atoms with van der Waals surface area (Å²) in [7, 11) is 1.93. The van der Waals surface area contributed by atoms with E-state index in [9.17, 15) is 4.79 Å². The Hall–Kier alpha value is -2.65. The Morgan fingerprint density at radius 2 is 2.04 bits per heavy atom. The third kappa shape index (κ3) is 3.49. The van der Waals surface area contributed by atoms with E-state index < -0.39 is 0 Å². The average Bonchev–Trinajstić information content (AvgIpc) is 3.16. The van der Waals surface area contributed by atoms with Gasteiger partial charge >= 0.3 is 0 Å². The van der Waals surface area contributed by atoms with Crippen molar-refractivity contribution in [1.29, 1.82) is 0 Å². The van der Waals surface area contributed by atoms with Crippen molar-refractivity contribution < 1.29 is 9.53 Å². The lowest BCUT2D eigenvalue weighted by atomic mass is 10.2. The molecule has 0 atom stereocenters. The van der Waals surface area contributed by atoms with Crippen LogP contribution in [-0.4, -0.2) is 62.9 Å². The summed E-state index contributed by atoms with van der Waals surface area (Å²) in [4.78, 5) is 25.0. The van der Waals surface area contributed by atoms with Gasteiger partial charge in [-0.25, -0.2) is 4.98 Å². The highest BCUT2D eigenvalue weighted by Crippen LogP contribution is 2.17. The largest absolute Gasteiger partial charge is 0.378 e. The van der Waals surface area contributed by atoms with E-state index in [1.165, 1.54) is 17.9 Å². The Labute approximate surface area is 154 Å². The van der Waals surface area contributed by atoms with Gasteiger partial charge in [0.15, 0.2) is 0 Å². The van der Waals surface area contributed by atoms with Crippen molar-refractivity contribution in [3.63, 3.8) is 0 Å². The molecule has 8 nitrogen and oxygen atoms in total. The van der Waals surface area contributed by atoms with E-state index in [1.54, 1.807) is 11.1 Å². The molecule has 1 aromatic carbocycles. The molecule has 0 aliphatic carbocycles. The van der Waals surface area contributed by atoms with Crippen LogP contribution >= 0.6 is 11.7 Å². The van der Waals surface area contributed by atoms with Crippen LogP contribution in [0.15, 0.2) is 30.6 Å². The van der Waals surface area contributed by atoms with E-state index in [-0.39, 0.29) is 5.91 Å². The molecule has 2 aromatic heterocycles. The number of rotatable bonds is 4. The zero-order chi connectivity index (χ0) is 17.9. The van der Waals surface area contributed by atoms with Crippen LogP contribution in [0.4, 0.5) is 5.82 Å². The highest BCUT2D eigenvalue weighted by Gasteiger charge is 2.20. The summed E-state index contributed by atoms with van der Waals surface area (Å²) in [5, 5.41) is 0. The number of benzene rings is 1. The van der Waals surface area contributed by atoms with Gasteiger partial charge < -0.3 is 14.5 Å². The van der Waals surface area contributed by atoms with E-state index in [1.807, 2.05) is 30.1 Å². The number of morpholine rings is 1. The molecule has 0 N–H and O–H groups in total. The number of anilines is 1. The lowest BCUT2D eigenvalue weighted by Crippen LogP contribution is -2.41. The molecule has 1 saturated heterocycles. The van der Waals surface area contributed by atoms with Crippen molar-refractivity contribution in [1.82, 2.24) is 23.6 Å². The van der Waals surface area contributed by atoms with Crippen LogP contribution in [0.3, 0.4) is 0 Å². The molecule has 1 aliphatic rings. The topological polar surface area (TPSA) is 84.3 Å². The van der Waals surface area contributed by atoms with Gasteiger partial charge in [-0.3, -0.25) is 9.78 Å². The van der Waals surface area contributed by atoms with Crippen molar-refractivity contribution in [2.75, 3.05) is 38.3 Å². The second-order valence-electron chi connectivity index (χ2n) is 6.11. The van der Waals surface area contributed by atoms with Gasteiger partial charge in [-0.2, -0.15) is 8.75 Å². The minimum absolute atomic E-state index is 0.106. The summed E-state index contributed by atoms with van der Waals surface area (Å²) >= 11 is 1.21. The van der Waals surface area contributed by atoms with Crippen molar-refractivity contribution in [2.45, 2.75) is 6.54 Å². The number of hydrogen-bond acceptors (Lipinski definition) is 8. The first-order valence-electron chi connectivity index (χ1n) is 8.32. The SMILES string of the molecule is CN(Cc1ccc2nsnc2c1)c1cncc(C(=O)N2CCOCC2)n1. The van der Waals surface area contributed by atoms with Crippen molar-refractivity contribution >= 4 is 34.5 Å². The number of amides is 1. The molecule has 134 valence electrons. The second kappa shape index (κ2) is 7.30.